The number of thioether (sulfide) groups is 1. The maximum absolute atomic E-state index is 12.7. The van der Waals surface area contributed by atoms with E-state index >= 15 is 0 Å². The van der Waals surface area contributed by atoms with Crippen molar-refractivity contribution in [2.75, 3.05) is 13.1 Å². The van der Waals surface area contributed by atoms with Crippen molar-refractivity contribution in [3.8, 4) is 0 Å². The van der Waals surface area contributed by atoms with Crippen molar-refractivity contribution in [1.82, 2.24) is 10.2 Å². The fourth-order valence-electron chi connectivity index (χ4n) is 4.07. The first-order valence-corrected chi connectivity index (χ1v) is 12.5. The quantitative estimate of drug-likeness (QED) is 0.420. The summed E-state index contributed by atoms with van der Waals surface area (Å²) in [5.41, 5.74) is 5.73. The zero-order valence-electron chi connectivity index (χ0n) is 18.8. The molecule has 166 valence electrons. The van der Waals surface area contributed by atoms with E-state index in [1.54, 1.807) is 0 Å². The van der Waals surface area contributed by atoms with Crippen molar-refractivity contribution >= 4 is 17.7 Å². The van der Waals surface area contributed by atoms with Gasteiger partial charge in [0.2, 0.25) is 0 Å². The van der Waals surface area contributed by atoms with Gasteiger partial charge in [-0.3, -0.25) is 9.69 Å². The monoisotopic (exact) mass is 444 g/mol. The summed E-state index contributed by atoms with van der Waals surface area (Å²) in [5.74, 6) is 0.880. The number of carbonyl (C=O) groups is 1. The van der Waals surface area contributed by atoms with Crippen LogP contribution in [0.1, 0.15) is 51.9 Å². The molecule has 3 aromatic carbocycles. The van der Waals surface area contributed by atoms with Crippen LogP contribution in [0.5, 0.6) is 0 Å². The molecule has 0 saturated carbocycles. The van der Waals surface area contributed by atoms with E-state index in [0.29, 0.717) is 12.1 Å². The van der Waals surface area contributed by atoms with Crippen molar-refractivity contribution in [1.29, 1.82) is 0 Å². The second-order valence-corrected chi connectivity index (χ2v) is 9.64. The van der Waals surface area contributed by atoms with Gasteiger partial charge in [0.1, 0.15) is 0 Å². The normalized spacial score (nSPS) is 14.3. The Hall–Kier alpha value is -2.56. The van der Waals surface area contributed by atoms with Crippen molar-refractivity contribution in [3.05, 3.63) is 101 Å². The molecule has 1 N–H and O–H groups in total. The summed E-state index contributed by atoms with van der Waals surface area (Å²) in [4.78, 5) is 16.5. The molecule has 0 atom stereocenters. The SMILES string of the molecule is Cc1ccc(SCc2ccc(C(=O)NCc3ccccc3CN3CCCCC3)cc2)cc1. The van der Waals surface area contributed by atoms with Crippen LogP contribution in [0, 0.1) is 6.92 Å². The van der Waals surface area contributed by atoms with Gasteiger partial charge in [-0.1, -0.05) is 60.5 Å². The zero-order chi connectivity index (χ0) is 22.2. The molecule has 0 aromatic heterocycles. The predicted octanol–water partition coefficient (Wildman–Crippen LogP) is 6.20. The number of nitrogens with one attached hydrogen (secondary N) is 1. The van der Waals surface area contributed by atoms with E-state index < -0.39 is 0 Å². The molecular formula is C28H32N2OS. The lowest BCUT2D eigenvalue weighted by molar-refractivity contribution is 0.0950. The van der Waals surface area contributed by atoms with Gasteiger partial charge >= 0.3 is 0 Å². The molecule has 3 nitrogen and oxygen atoms in total. The summed E-state index contributed by atoms with van der Waals surface area (Å²) in [6, 6.07) is 25.0. The van der Waals surface area contributed by atoms with Crippen LogP contribution >= 0.6 is 11.8 Å². The molecule has 0 bridgehead atoms. The summed E-state index contributed by atoms with van der Waals surface area (Å²) in [6.07, 6.45) is 3.93. The first kappa shape index (κ1) is 22.6. The maximum Gasteiger partial charge on any atom is 0.251 e. The fourth-order valence-corrected chi connectivity index (χ4v) is 4.93. The zero-order valence-corrected chi connectivity index (χ0v) is 19.7. The first-order valence-electron chi connectivity index (χ1n) is 11.5. The van der Waals surface area contributed by atoms with E-state index in [-0.39, 0.29) is 5.91 Å². The maximum atomic E-state index is 12.7. The van der Waals surface area contributed by atoms with Crippen molar-refractivity contribution in [2.45, 2.75) is 49.9 Å². The molecule has 1 saturated heterocycles. The molecule has 0 aliphatic carbocycles. The van der Waals surface area contributed by atoms with Gasteiger partial charge in [0.15, 0.2) is 0 Å². The lowest BCUT2D eigenvalue weighted by Gasteiger charge is -2.27. The third-order valence-electron chi connectivity index (χ3n) is 6.04. The average molecular weight is 445 g/mol. The van der Waals surface area contributed by atoms with E-state index in [0.717, 1.165) is 12.3 Å². The summed E-state index contributed by atoms with van der Waals surface area (Å²) < 4.78 is 0. The van der Waals surface area contributed by atoms with Gasteiger partial charge < -0.3 is 5.32 Å². The van der Waals surface area contributed by atoms with Crippen molar-refractivity contribution in [3.63, 3.8) is 0 Å². The Morgan fingerprint density at radius 2 is 1.56 bits per heavy atom. The lowest BCUT2D eigenvalue weighted by atomic mass is 10.0. The molecule has 1 fully saturated rings. The number of hydrogen-bond donors (Lipinski definition) is 1. The Kier molecular flexibility index (Phi) is 8.02. The third kappa shape index (κ3) is 6.47. The van der Waals surface area contributed by atoms with E-state index in [9.17, 15) is 4.79 Å². The summed E-state index contributed by atoms with van der Waals surface area (Å²) >= 11 is 1.82. The molecule has 1 amide bonds. The standard InChI is InChI=1S/C28H32N2OS/c1-22-9-15-27(16-10-22)32-21-23-11-13-24(14-12-23)28(31)29-19-25-7-3-4-8-26(25)20-30-17-5-2-6-18-30/h3-4,7-16H,2,5-6,17-21H2,1H3,(H,29,31). The van der Waals surface area contributed by atoms with Crippen LogP contribution in [-0.4, -0.2) is 23.9 Å². The van der Waals surface area contributed by atoms with Crippen LogP contribution in [-0.2, 0) is 18.8 Å². The van der Waals surface area contributed by atoms with Crippen LogP contribution in [0.2, 0.25) is 0 Å². The van der Waals surface area contributed by atoms with Crippen LogP contribution < -0.4 is 5.32 Å². The molecule has 0 unspecified atom stereocenters. The summed E-state index contributed by atoms with van der Waals surface area (Å²) in [6.45, 7) is 5.99. The number of benzene rings is 3. The van der Waals surface area contributed by atoms with Gasteiger partial charge in [0, 0.05) is 29.3 Å². The number of piperidine rings is 1. The molecule has 1 heterocycles. The highest BCUT2D eigenvalue weighted by molar-refractivity contribution is 7.98. The van der Waals surface area contributed by atoms with E-state index in [1.165, 1.54) is 59.5 Å². The number of rotatable bonds is 8. The Morgan fingerprint density at radius 1 is 0.875 bits per heavy atom. The molecule has 4 heteroatoms. The van der Waals surface area contributed by atoms with Gasteiger partial charge in [0.05, 0.1) is 0 Å². The highest BCUT2D eigenvalue weighted by Crippen LogP contribution is 2.23. The molecule has 0 radical (unpaired) electrons. The highest BCUT2D eigenvalue weighted by Gasteiger charge is 2.13. The molecule has 32 heavy (non-hydrogen) atoms. The largest absolute Gasteiger partial charge is 0.348 e. The Labute approximate surface area is 196 Å². The summed E-state index contributed by atoms with van der Waals surface area (Å²) in [7, 11) is 0. The number of carbonyl (C=O) groups excluding carboxylic acids is 1. The van der Waals surface area contributed by atoms with Gasteiger partial charge in [-0.25, -0.2) is 0 Å². The number of aryl methyl sites for hydroxylation is 1. The van der Waals surface area contributed by atoms with Crippen LogP contribution in [0.3, 0.4) is 0 Å². The van der Waals surface area contributed by atoms with Gasteiger partial charge in [-0.05, 0) is 73.8 Å². The van der Waals surface area contributed by atoms with Crippen LogP contribution in [0.25, 0.3) is 0 Å². The third-order valence-corrected chi connectivity index (χ3v) is 7.13. The van der Waals surface area contributed by atoms with Crippen LogP contribution in [0.4, 0.5) is 0 Å². The van der Waals surface area contributed by atoms with E-state index in [4.69, 9.17) is 0 Å². The Balaban J connectivity index is 1.30. The van der Waals surface area contributed by atoms with Gasteiger partial charge in [-0.2, -0.15) is 0 Å². The topological polar surface area (TPSA) is 32.3 Å². The second-order valence-electron chi connectivity index (χ2n) is 8.59. The minimum absolute atomic E-state index is 0.0180. The molecule has 3 aromatic rings. The van der Waals surface area contributed by atoms with Gasteiger partial charge in [-0.15, -0.1) is 11.8 Å². The predicted molar refractivity (Wildman–Crippen MR) is 134 cm³/mol. The molecule has 1 aliphatic heterocycles. The fraction of sp³-hybridized carbons (Fsp3) is 0.321. The molecular weight excluding hydrogens is 412 g/mol. The minimum atomic E-state index is -0.0180. The number of likely N-dealkylation sites (tertiary alicyclic amines) is 1. The minimum Gasteiger partial charge on any atom is -0.348 e. The van der Waals surface area contributed by atoms with E-state index in [1.807, 2.05) is 23.9 Å². The lowest BCUT2D eigenvalue weighted by Crippen LogP contribution is -2.30. The number of hydrogen-bond acceptors (Lipinski definition) is 3. The smallest absolute Gasteiger partial charge is 0.251 e. The Morgan fingerprint density at radius 3 is 2.28 bits per heavy atom. The summed E-state index contributed by atoms with van der Waals surface area (Å²) in [5, 5.41) is 3.11. The Bertz CT molecular complexity index is 1010. The molecule has 0 spiro atoms. The number of amides is 1. The molecule has 4 rings (SSSR count). The molecule has 1 aliphatic rings. The highest BCUT2D eigenvalue weighted by atomic mass is 32.2. The number of nitrogens with zero attached hydrogens (tertiary/aromatic N) is 1. The van der Waals surface area contributed by atoms with Crippen LogP contribution in [0.15, 0.2) is 77.7 Å². The van der Waals surface area contributed by atoms with Gasteiger partial charge in [0.25, 0.3) is 5.91 Å². The second kappa shape index (κ2) is 11.3. The van der Waals surface area contributed by atoms with E-state index in [2.05, 4.69) is 77.8 Å². The van der Waals surface area contributed by atoms with Crippen molar-refractivity contribution in [2.24, 2.45) is 0 Å². The first-order chi connectivity index (χ1) is 15.7. The van der Waals surface area contributed by atoms with Crippen molar-refractivity contribution < 1.29 is 4.79 Å². The average Bonchev–Trinajstić information content (AvgIpc) is 2.84.